The van der Waals surface area contributed by atoms with E-state index in [1.807, 2.05) is 17.0 Å². The number of rotatable bonds is 4. The van der Waals surface area contributed by atoms with E-state index in [0.717, 1.165) is 18.5 Å². The van der Waals surface area contributed by atoms with Gasteiger partial charge in [-0.3, -0.25) is 9.59 Å². The molecule has 0 aromatic heterocycles. The van der Waals surface area contributed by atoms with E-state index in [1.54, 1.807) is 0 Å². The topological polar surface area (TPSA) is 49.4 Å². The molecule has 2 amide bonds. The van der Waals surface area contributed by atoms with E-state index in [9.17, 15) is 9.59 Å². The van der Waals surface area contributed by atoms with Crippen molar-refractivity contribution in [3.8, 4) is 0 Å². The number of likely N-dealkylation sites (tertiary alicyclic amines) is 1. The Labute approximate surface area is 144 Å². The van der Waals surface area contributed by atoms with Crippen molar-refractivity contribution >= 4 is 17.5 Å². The highest BCUT2D eigenvalue weighted by Gasteiger charge is 2.38. The number of carbonyl (C=O) groups is 2. The first-order valence-electron chi connectivity index (χ1n) is 9.25. The molecule has 0 unspecified atom stereocenters. The number of benzene rings is 1. The fraction of sp³-hybridized carbons (Fsp3) is 0.600. The molecule has 4 nitrogen and oxygen atoms in total. The number of nitrogens with zero attached hydrogens (tertiary/aromatic N) is 1. The molecular weight excluding hydrogens is 300 g/mol. The number of amides is 2. The summed E-state index contributed by atoms with van der Waals surface area (Å²) in [7, 11) is 0. The van der Waals surface area contributed by atoms with Gasteiger partial charge in [0.05, 0.1) is 5.92 Å². The maximum Gasteiger partial charge on any atom is 0.229 e. The first kappa shape index (κ1) is 17.0. The number of anilines is 1. The summed E-state index contributed by atoms with van der Waals surface area (Å²) in [5.41, 5.74) is 2.07. The van der Waals surface area contributed by atoms with Crippen LogP contribution in [0.25, 0.3) is 0 Å². The van der Waals surface area contributed by atoms with Crippen LogP contribution in [0.5, 0.6) is 0 Å². The van der Waals surface area contributed by atoms with Crippen molar-refractivity contribution in [2.75, 3.05) is 11.9 Å². The second-order valence-electron chi connectivity index (χ2n) is 7.50. The molecule has 1 aromatic rings. The summed E-state index contributed by atoms with van der Waals surface area (Å²) in [4.78, 5) is 26.8. The van der Waals surface area contributed by atoms with Crippen LogP contribution >= 0.6 is 0 Å². The average Bonchev–Trinajstić information content (AvgIpc) is 2.98. The van der Waals surface area contributed by atoms with Crippen LogP contribution in [0.15, 0.2) is 24.3 Å². The molecule has 2 aliphatic rings. The van der Waals surface area contributed by atoms with E-state index in [1.165, 1.54) is 24.8 Å². The quantitative estimate of drug-likeness (QED) is 0.910. The van der Waals surface area contributed by atoms with Crippen molar-refractivity contribution in [3.63, 3.8) is 0 Å². The van der Waals surface area contributed by atoms with Crippen LogP contribution in [-0.2, 0) is 9.59 Å². The van der Waals surface area contributed by atoms with Gasteiger partial charge in [0.2, 0.25) is 11.8 Å². The summed E-state index contributed by atoms with van der Waals surface area (Å²) < 4.78 is 0. The molecule has 1 N–H and O–H groups in total. The molecule has 3 rings (SSSR count). The highest BCUT2D eigenvalue weighted by molar-refractivity contribution is 5.97. The molecule has 1 aromatic carbocycles. The maximum absolute atomic E-state index is 12.5. The van der Waals surface area contributed by atoms with Crippen LogP contribution in [0, 0.1) is 5.92 Å². The summed E-state index contributed by atoms with van der Waals surface area (Å²) in [6.07, 6.45) is 6.22. The zero-order valence-electron chi connectivity index (χ0n) is 14.8. The highest BCUT2D eigenvalue weighted by atomic mass is 16.2. The summed E-state index contributed by atoms with van der Waals surface area (Å²) in [5.74, 6) is 0.381. The lowest BCUT2D eigenvalue weighted by atomic mass is 9.94. The molecule has 4 heteroatoms. The van der Waals surface area contributed by atoms with E-state index >= 15 is 0 Å². The largest absolute Gasteiger partial charge is 0.339 e. The summed E-state index contributed by atoms with van der Waals surface area (Å²) in [6, 6.07) is 8.35. The molecule has 24 heavy (non-hydrogen) atoms. The minimum absolute atomic E-state index is 0.0287. The third kappa shape index (κ3) is 3.80. The molecule has 0 spiro atoms. The molecule has 1 saturated heterocycles. The second kappa shape index (κ2) is 7.37. The van der Waals surface area contributed by atoms with Crippen LogP contribution in [0.1, 0.15) is 63.9 Å². The van der Waals surface area contributed by atoms with Gasteiger partial charge in [0, 0.05) is 24.7 Å². The summed E-state index contributed by atoms with van der Waals surface area (Å²) in [6.45, 7) is 4.88. The van der Waals surface area contributed by atoms with Crippen LogP contribution < -0.4 is 5.32 Å². The third-order valence-corrected chi connectivity index (χ3v) is 5.39. The molecule has 2 fully saturated rings. The Bertz CT molecular complexity index is 588. The summed E-state index contributed by atoms with van der Waals surface area (Å²) in [5, 5.41) is 2.98. The smallest absolute Gasteiger partial charge is 0.229 e. The van der Waals surface area contributed by atoms with Crippen molar-refractivity contribution in [1.29, 1.82) is 0 Å². The predicted molar refractivity (Wildman–Crippen MR) is 95.9 cm³/mol. The SMILES string of the molecule is CC(C)c1ccc(NC(=O)[C@@H]2CC(=O)N(C3CCCCC3)C2)cc1. The van der Waals surface area contributed by atoms with Crippen LogP contribution in [0.4, 0.5) is 5.69 Å². The zero-order valence-corrected chi connectivity index (χ0v) is 14.8. The van der Waals surface area contributed by atoms with Gasteiger partial charge in [-0.05, 0) is 36.5 Å². The van der Waals surface area contributed by atoms with Crippen molar-refractivity contribution in [2.45, 2.75) is 64.3 Å². The minimum atomic E-state index is -0.218. The molecule has 0 bridgehead atoms. The third-order valence-electron chi connectivity index (χ3n) is 5.39. The number of nitrogens with one attached hydrogen (secondary N) is 1. The molecule has 1 atom stereocenters. The van der Waals surface area contributed by atoms with Crippen molar-refractivity contribution in [1.82, 2.24) is 4.90 Å². The Balaban J connectivity index is 1.58. The lowest BCUT2D eigenvalue weighted by Gasteiger charge is -2.31. The van der Waals surface area contributed by atoms with Gasteiger partial charge in [0.1, 0.15) is 0 Å². The van der Waals surface area contributed by atoms with Crippen LogP contribution in [-0.4, -0.2) is 29.3 Å². The molecule has 0 radical (unpaired) electrons. The van der Waals surface area contributed by atoms with Crippen molar-refractivity contribution in [3.05, 3.63) is 29.8 Å². The lowest BCUT2D eigenvalue weighted by Crippen LogP contribution is -2.38. The maximum atomic E-state index is 12.5. The Morgan fingerprint density at radius 1 is 1.12 bits per heavy atom. The van der Waals surface area contributed by atoms with Gasteiger partial charge in [0.15, 0.2) is 0 Å². The minimum Gasteiger partial charge on any atom is -0.339 e. The van der Waals surface area contributed by atoms with Gasteiger partial charge >= 0.3 is 0 Å². The first-order valence-corrected chi connectivity index (χ1v) is 9.25. The Hall–Kier alpha value is -1.84. The normalized spacial score (nSPS) is 22.2. The molecule has 1 saturated carbocycles. The van der Waals surface area contributed by atoms with E-state index in [-0.39, 0.29) is 17.7 Å². The number of hydrogen-bond donors (Lipinski definition) is 1. The second-order valence-corrected chi connectivity index (χ2v) is 7.50. The predicted octanol–water partition coefficient (Wildman–Crippen LogP) is 3.93. The van der Waals surface area contributed by atoms with Crippen molar-refractivity contribution < 1.29 is 9.59 Å². The number of hydrogen-bond acceptors (Lipinski definition) is 2. The van der Waals surface area contributed by atoms with E-state index in [2.05, 4.69) is 31.3 Å². The monoisotopic (exact) mass is 328 g/mol. The molecule has 1 aliphatic heterocycles. The van der Waals surface area contributed by atoms with Crippen LogP contribution in [0.2, 0.25) is 0 Å². The molecular formula is C20H28N2O2. The molecule has 1 heterocycles. The van der Waals surface area contributed by atoms with Gasteiger partial charge in [-0.2, -0.15) is 0 Å². The number of carbonyl (C=O) groups excluding carboxylic acids is 2. The van der Waals surface area contributed by atoms with Gasteiger partial charge in [-0.25, -0.2) is 0 Å². The Kier molecular flexibility index (Phi) is 5.22. The fourth-order valence-electron chi connectivity index (χ4n) is 3.85. The fourth-order valence-corrected chi connectivity index (χ4v) is 3.85. The van der Waals surface area contributed by atoms with Gasteiger partial charge in [0.25, 0.3) is 0 Å². The summed E-state index contributed by atoms with van der Waals surface area (Å²) >= 11 is 0. The zero-order chi connectivity index (χ0) is 17.1. The van der Waals surface area contributed by atoms with E-state index in [4.69, 9.17) is 0 Å². The van der Waals surface area contributed by atoms with Gasteiger partial charge < -0.3 is 10.2 Å². The van der Waals surface area contributed by atoms with E-state index in [0.29, 0.717) is 24.9 Å². The van der Waals surface area contributed by atoms with Crippen molar-refractivity contribution in [2.24, 2.45) is 5.92 Å². The standard InChI is InChI=1S/C20H28N2O2/c1-14(2)15-8-10-17(11-9-15)21-20(24)16-12-19(23)22(13-16)18-6-4-3-5-7-18/h8-11,14,16,18H,3-7,12-13H2,1-2H3,(H,21,24)/t16-/m1/s1. The molecule has 130 valence electrons. The Morgan fingerprint density at radius 3 is 2.42 bits per heavy atom. The Morgan fingerprint density at radius 2 is 1.79 bits per heavy atom. The first-order chi connectivity index (χ1) is 11.5. The van der Waals surface area contributed by atoms with Gasteiger partial charge in [-0.15, -0.1) is 0 Å². The molecule has 1 aliphatic carbocycles. The lowest BCUT2D eigenvalue weighted by molar-refractivity contribution is -0.130. The average molecular weight is 328 g/mol. The van der Waals surface area contributed by atoms with E-state index < -0.39 is 0 Å². The van der Waals surface area contributed by atoms with Gasteiger partial charge in [-0.1, -0.05) is 45.2 Å². The van der Waals surface area contributed by atoms with Crippen LogP contribution in [0.3, 0.4) is 0 Å². The highest BCUT2D eigenvalue weighted by Crippen LogP contribution is 2.29.